The van der Waals surface area contributed by atoms with Crippen molar-refractivity contribution in [1.29, 1.82) is 0 Å². The molecule has 1 aromatic heterocycles. The van der Waals surface area contributed by atoms with Crippen LogP contribution in [0.3, 0.4) is 0 Å². The molecule has 5 heteroatoms. The molecule has 1 aromatic rings. The highest BCUT2D eigenvalue weighted by atomic mass is 15.4. The lowest BCUT2D eigenvalue weighted by Gasteiger charge is -2.25. The first-order valence-electron chi connectivity index (χ1n) is 5.24. The first-order valence-corrected chi connectivity index (χ1v) is 5.24. The third-order valence-corrected chi connectivity index (χ3v) is 2.13. The van der Waals surface area contributed by atoms with Gasteiger partial charge in [0, 0.05) is 25.0 Å². The molecule has 15 heavy (non-hydrogen) atoms. The van der Waals surface area contributed by atoms with E-state index in [-0.39, 0.29) is 11.6 Å². The predicted molar refractivity (Wildman–Crippen MR) is 61.9 cm³/mol. The van der Waals surface area contributed by atoms with Gasteiger partial charge in [0.05, 0.1) is 0 Å². The van der Waals surface area contributed by atoms with Crippen molar-refractivity contribution < 1.29 is 0 Å². The van der Waals surface area contributed by atoms with Gasteiger partial charge in [0.15, 0.2) is 0 Å². The van der Waals surface area contributed by atoms with Crippen molar-refractivity contribution in [2.75, 3.05) is 12.4 Å². The number of anilines is 1. The van der Waals surface area contributed by atoms with Gasteiger partial charge < -0.3 is 11.1 Å². The zero-order chi connectivity index (χ0) is 11.6. The number of aromatic nitrogens is 3. The molecular weight excluding hydrogens is 190 g/mol. The average Bonchev–Trinajstić information content (AvgIpc) is 2.45. The van der Waals surface area contributed by atoms with E-state index in [4.69, 9.17) is 5.73 Å². The van der Waals surface area contributed by atoms with Crippen LogP contribution in [0.2, 0.25) is 0 Å². The van der Waals surface area contributed by atoms with Crippen LogP contribution in [0.15, 0.2) is 0 Å². The summed E-state index contributed by atoms with van der Waals surface area (Å²) in [4.78, 5) is 0. The van der Waals surface area contributed by atoms with Crippen molar-refractivity contribution >= 4 is 5.95 Å². The zero-order valence-corrected chi connectivity index (χ0v) is 10.2. The van der Waals surface area contributed by atoms with E-state index in [9.17, 15) is 0 Å². The van der Waals surface area contributed by atoms with Gasteiger partial charge in [-0.15, -0.1) is 10.2 Å². The number of nitrogens with zero attached hydrogens (tertiary/aromatic N) is 3. The van der Waals surface area contributed by atoms with E-state index in [1.54, 1.807) is 0 Å². The van der Waals surface area contributed by atoms with Crippen LogP contribution >= 0.6 is 0 Å². The molecule has 0 amide bonds. The average molecular weight is 211 g/mol. The maximum Gasteiger partial charge on any atom is 0.224 e. The third-order valence-electron chi connectivity index (χ3n) is 2.13. The summed E-state index contributed by atoms with van der Waals surface area (Å²) in [7, 11) is 1.85. The summed E-state index contributed by atoms with van der Waals surface area (Å²) in [6.07, 6.45) is 0.742. The second-order valence-corrected chi connectivity index (χ2v) is 4.88. The highest BCUT2D eigenvalue weighted by molar-refractivity contribution is 5.26. The lowest BCUT2D eigenvalue weighted by molar-refractivity contribution is 0.383. The fraction of sp³-hybridized carbons (Fsp3) is 0.800. The van der Waals surface area contributed by atoms with Gasteiger partial charge in [-0.3, -0.25) is 4.57 Å². The fourth-order valence-electron chi connectivity index (χ4n) is 1.60. The number of hydrogen-bond donors (Lipinski definition) is 2. The van der Waals surface area contributed by atoms with Gasteiger partial charge in [0.25, 0.3) is 0 Å². The molecule has 86 valence electrons. The molecule has 1 heterocycles. The largest absolute Gasteiger partial charge is 0.357 e. The molecule has 0 aliphatic heterocycles. The summed E-state index contributed by atoms with van der Waals surface area (Å²) >= 11 is 0. The number of nitrogens with one attached hydrogen (secondary N) is 1. The highest BCUT2D eigenvalue weighted by Gasteiger charge is 2.22. The molecule has 0 saturated carbocycles. The molecule has 3 N–H and O–H groups in total. The van der Waals surface area contributed by atoms with Crippen molar-refractivity contribution in [2.45, 2.75) is 45.7 Å². The Morgan fingerprint density at radius 1 is 1.40 bits per heavy atom. The van der Waals surface area contributed by atoms with Gasteiger partial charge in [-0.1, -0.05) is 0 Å². The minimum atomic E-state index is -0.0356. The van der Waals surface area contributed by atoms with Crippen LogP contribution in [-0.2, 0) is 12.0 Å². The topological polar surface area (TPSA) is 68.8 Å². The highest BCUT2D eigenvalue weighted by Crippen LogP contribution is 2.21. The Hall–Kier alpha value is -1.10. The minimum absolute atomic E-state index is 0.0356. The Kier molecular flexibility index (Phi) is 3.34. The quantitative estimate of drug-likeness (QED) is 0.781. The molecule has 5 nitrogen and oxygen atoms in total. The maximum atomic E-state index is 5.79. The SMILES string of the molecule is CNc1nnc(CC(C)N)n1C(C)(C)C. The first kappa shape index (κ1) is 12.0. The summed E-state index contributed by atoms with van der Waals surface area (Å²) in [6, 6.07) is 0.0972. The van der Waals surface area contributed by atoms with Crippen LogP contribution in [0, 0.1) is 0 Å². The van der Waals surface area contributed by atoms with Crippen molar-refractivity contribution in [3.05, 3.63) is 5.82 Å². The van der Waals surface area contributed by atoms with Crippen molar-refractivity contribution in [3.63, 3.8) is 0 Å². The molecule has 0 aliphatic rings. The molecule has 1 unspecified atom stereocenters. The summed E-state index contributed by atoms with van der Waals surface area (Å²) in [5.41, 5.74) is 5.75. The molecule has 0 fully saturated rings. The Labute approximate surface area is 91.1 Å². The summed E-state index contributed by atoms with van der Waals surface area (Å²) < 4.78 is 2.09. The van der Waals surface area contributed by atoms with Crippen LogP contribution in [0.4, 0.5) is 5.95 Å². The monoisotopic (exact) mass is 211 g/mol. The smallest absolute Gasteiger partial charge is 0.224 e. The van der Waals surface area contributed by atoms with Crippen LogP contribution in [0.5, 0.6) is 0 Å². The fourth-order valence-corrected chi connectivity index (χ4v) is 1.60. The second kappa shape index (κ2) is 4.18. The molecule has 1 atom stereocenters. The summed E-state index contributed by atoms with van der Waals surface area (Å²) in [6.45, 7) is 8.35. The van der Waals surface area contributed by atoms with Gasteiger partial charge in [-0.25, -0.2) is 0 Å². The molecule has 1 rings (SSSR count). The van der Waals surface area contributed by atoms with E-state index in [0.717, 1.165) is 18.2 Å². The van der Waals surface area contributed by atoms with Gasteiger partial charge >= 0.3 is 0 Å². The van der Waals surface area contributed by atoms with Gasteiger partial charge in [0.2, 0.25) is 5.95 Å². The summed E-state index contributed by atoms with van der Waals surface area (Å²) in [5.74, 6) is 1.72. The van der Waals surface area contributed by atoms with Crippen molar-refractivity contribution in [1.82, 2.24) is 14.8 Å². The predicted octanol–water partition coefficient (Wildman–Crippen LogP) is 0.964. The standard InChI is InChI=1S/C10H21N5/c1-7(11)6-8-13-14-9(12-5)15(8)10(2,3)4/h7H,6,11H2,1-5H3,(H,12,14). The van der Waals surface area contributed by atoms with Crippen molar-refractivity contribution in [2.24, 2.45) is 5.73 Å². The van der Waals surface area contributed by atoms with Crippen LogP contribution in [0.25, 0.3) is 0 Å². The lowest BCUT2D eigenvalue weighted by atomic mass is 10.1. The van der Waals surface area contributed by atoms with E-state index >= 15 is 0 Å². The molecule has 0 aromatic carbocycles. The molecular formula is C10H21N5. The third kappa shape index (κ3) is 2.68. The molecule has 0 aliphatic carbocycles. The normalized spacial score (nSPS) is 14.0. The Morgan fingerprint density at radius 2 is 2.00 bits per heavy atom. The van der Waals surface area contributed by atoms with Gasteiger partial charge in [0.1, 0.15) is 5.82 Å². The second-order valence-electron chi connectivity index (χ2n) is 4.88. The minimum Gasteiger partial charge on any atom is -0.357 e. The van der Waals surface area contributed by atoms with E-state index in [1.165, 1.54) is 0 Å². The van der Waals surface area contributed by atoms with Crippen molar-refractivity contribution in [3.8, 4) is 0 Å². The molecule has 0 spiro atoms. The lowest BCUT2D eigenvalue weighted by Crippen LogP contribution is -2.28. The van der Waals surface area contributed by atoms with E-state index in [1.807, 2.05) is 14.0 Å². The Balaban J connectivity index is 3.12. The van der Waals surface area contributed by atoms with Crippen LogP contribution < -0.4 is 11.1 Å². The van der Waals surface area contributed by atoms with E-state index in [2.05, 4.69) is 40.9 Å². The van der Waals surface area contributed by atoms with Crippen LogP contribution in [-0.4, -0.2) is 27.9 Å². The molecule has 0 saturated heterocycles. The van der Waals surface area contributed by atoms with Gasteiger partial charge in [-0.2, -0.15) is 0 Å². The Morgan fingerprint density at radius 3 is 2.40 bits per heavy atom. The maximum absolute atomic E-state index is 5.79. The van der Waals surface area contributed by atoms with E-state index in [0.29, 0.717) is 0 Å². The zero-order valence-electron chi connectivity index (χ0n) is 10.2. The van der Waals surface area contributed by atoms with E-state index < -0.39 is 0 Å². The van der Waals surface area contributed by atoms with Gasteiger partial charge in [-0.05, 0) is 27.7 Å². The summed E-state index contributed by atoms with van der Waals surface area (Å²) in [5, 5.41) is 11.3. The Bertz CT molecular complexity index is 321. The number of rotatable bonds is 3. The molecule has 0 bridgehead atoms. The molecule has 0 radical (unpaired) electrons. The number of nitrogens with two attached hydrogens (primary N) is 1. The number of hydrogen-bond acceptors (Lipinski definition) is 4. The first-order chi connectivity index (χ1) is 6.86. The van der Waals surface area contributed by atoms with Crippen LogP contribution in [0.1, 0.15) is 33.5 Å².